The maximum absolute atomic E-state index is 9.72. The standard InChI is InChI=1S/C33H41N5O/c1-23-4-5-27(32-24(2)36-39-25(32)3)20-31(23)38(30-8-6-28(7-9-30)33(22-34)14-15-33)21-26-12-18-37(19-13-26)29-10-16-35-17-11-29/h4-9,20,26,29,35H,10-19,21H2,1-3H3. The first-order chi connectivity index (χ1) is 19.0. The molecule has 6 heteroatoms. The Balaban J connectivity index is 1.29. The van der Waals surface area contributed by atoms with Crippen LogP contribution < -0.4 is 10.2 Å². The average molecular weight is 524 g/mol. The molecule has 2 aromatic carbocycles. The highest BCUT2D eigenvalue weighted by atomic mass is 16.5. The van der Waals surface area contributed by atoms with Gasteiger partial charge >= 0.3 is 0 Å². The van der Waals surface area contributed by atoms with Gasteiger partial charge in [0.25, 0.3) is 0 Å². The zero-order chi connectivity index (χ0) is 27.0. The van der Waals surface area contributed by atoms with Gasteiger partial charge in [-0.05, 0) is 126 Å². The summed E-state index contributed by atoms with van der Waals surface area (Å²) in [5.41, 5.74) is 7.76. The Labute approximate surface area is 233 Å². The van der Waals surface area contributed by atoms with Gasteiger partial charge in [0.05, 0.1) is 17.2 Å². The van der Waals surface area contributed by atoms with E-state index in [0.29, 0.717) is 5.92 Å². The predicted molar refractivity (Wildman–Crippen MR) is 156 cm³/mol. The van der Waals surface area contributed by atoms with Crippen molar-refractivity contribution in [1.82, 2.24) is 15.4 Å². The minimum atomic E-state index is -0.260. The number of nitrogens with one attached hydrogen (secondary N) is 1. The van der Waals surface area contributed by atoms with Gasteiger partial charge in [0.2, 0.25) is 0 Å². The number of hydrogen-bond acceptors (Lipinski definition) is 6. The van der Waals surface area contributed by atoms with E-state index in [1.165, 1.54) is 55.7 Å². The van der Waals surface area contributed by atoms with Crippen LogP contribution in [0.15, 0.2) is 47.0 Å². The largest absolute Gasteiger partial charge is 0.361 e. The summed E-state index contributed by atoms with van der Waals surface area (Å²) >= 11 is 0. The number of nitriles is 1. The van der Waals surface area contributed by atoms with Crippen LogP contribution in [0.25, 0.3) is 11.1 Å². The summed E-state index contributed by atoms with van der Waals surface area (Å²) in [7, 11) is 0. The third-order valence-corrected chi connectivity index (χ3v) is 9.43. The van der Waals surface area contributed by atoms with Crippen molar-refractivity contribution in [3.05, 3.63) is 65.0 Å². The first-order valence-electron chi connectivity index (χ1n) is 14.8. The molecule has 3 fully saturated rings. The van der Waals surface area contributed by atoms with Crippen LogP contribution in [0.1, 0.15) is 61.1 Å². The minimum Gasteiger partial charge on any atom is -0.361 e. The van der Waals surface area contributed by atoms with Gasteiger partial charge in [-0.1, -0.05) is 29.4 Å². The Kier molecular flexibility index (Phi) is 7.22. The maximum Gasteiger partial charge on any atom is 0.141 e. The van der Waals surface area contributed by atoms with E-state index in [9.17, 15) is 5.26 Å². The van der Waals surface area contributed by atoms with Gasteiger partial charge in [0.15, 0.2) is 0 Å². The lowest BCUT2D eigenvalue weighted by molar-refractivity contribution is 0.113. The second kappa shape index (κ2) is 10.8. The first-order valence-corrected chi connectivity index (χ1v) is 14.8. The van der Waals surface area contributed by atoms with Crippen LogP contribution in [0.4, 0.5) is 11.4 Å². The van der Waals surface area contributed by atoms with Crippen LogP contribution >= 0.6 is 0 Å². The summed E-state index contributed by atoms with van der Waals surface area (Å²) in [6.07, 6.45) is 6.97. The molecule has 3 aromatic rings. The quantitative estimate of drug-likeness (QED) is 0.385. The molecule has 3 aliphatic rings. The summed E-state index contributed by atoms with van der Waals surface area (Å²) in [5.74, 6) is 1.49. The topological polar surface area (TPSA) is 68.3 Å². The summed E-state index contributed by atoms with van der Waals surface area (Å²) in [5, 5.41) is 17.4. The van der Waals surface area contributed by atoms with Crippen LogP contribution in [-0.4, -0.2) is 48.8 Å². The highest BCUT2D eigenvalue weighted by Crippen LogP contribution is 2.48. The third kappa shape index (κ3) is 5.23. The van der Waals surface area contributed by atoms with Crippen molar-refractivity contribution >= 4 is 11.4 Å². The number of nitrogens with zero attached hydrogens (tertiary/aromatic N) is 4. The Hall–Kier alpha value is -3.14. The van der Waals surface area contributed by atoms with E-state index >= 15 is 0 Å². The first kappa shape index (κ1) is 26.1. The molecular formula is C33H41N5O. The van der Waals surface area contributed by atoms with Crippen LogP contribution in [0.3, 0.4) is 0 Å². The Morgan fingerprint density at radius 2 is 1.74 bits per heavy atom. The SMILES string of the molecule is Cc1ccc(-c2c(C)noc2C)cc1N(CC1CCN(C2CCNCC2)CC1)c1ccc(C2(C#N)CC2)cc1. The van der Waals surface area contributed by atoms with Crippen molar-refractivity contribution in [2.75, 3.05) is 37.6 Å². The fourth-order valence-corrected chi connectivity index (χ4v) is 6.77. The van der Waals surface area contributed by atoms with Gasteiger partial charge in [0.1, 0.15) is 5.76 Å². The monoisotopic (exact) mass is 523 g/mol. The molecule has 6 rings (SSSR count). The van der Waals surface area contributed by atoms with Gasteiger partial charge in [-0.15, -0.1) is 0 Å². The number of aromatic nitrogens is 1. The highest BCUT2D eigenvalue weighted by Gasteiger charge is 2.44. The highest BCUT2D eigenvalue weighted by molar-refractivity contribution is 5.76. The molecule has 39 heavy (non-hydrogen) atoms. The zero-order valence-corrected chi connectivity index (χ0v) is 23.7. The molecule has 204 valence electrons. The van der Waals surface area contributed by atoms with Crippen LogP contribution in [-0.2, 0) is 5.41 Å². The molecule has 0 spiro atoms. The molecule has 0 amide bonds. The number of anilines is 2. The van der Waals surface area contributed by atoms with Gasteiger partial charge in [-0.2, -0.15) is 5.26 Å². The van der Waals surface area contributed by atoms with E-state index in [1.54, 1.807) is 0 Å². The number of likely N-dealkylation sites (tertiary alicyclic amines) is 1. The fraction of sp³-hybridized carbons (Fsp3) is 0.515. The molecule has 0 unspecified atom stereocenters. The van der Waals surface area contributed by atoms with E-state index in [1.807, 2.05) is 13.8 Å². The molecule has 1 N–H and O–H groups in total. The van der Waals surface area contributed by atoms with Crippen molar-refractivity contribution in [2.45, 2.75) is 70.8 Å². The van der Waals surface area contributed by atoms with Crippen LogP contribution in [0.2, 0.25) is 0 Å². The van der Waals surface area contributed by atoms with Crippen molar-refractivity contribution in [3.63, 3.8) is 0 Å². The maximum atomic E-state index is 9.72. The molecular weight excluding hydrogens is 482 g/mol. The van der Waals surface area contributed by atoms with Crippen molar-refractivity contribution in [1.29, 1.82) is 5.26 Å². The van der Waals surface area contributed by atoms with Crippen molar-refractivity contribution in [3.8, 4) is 17.2 Å². The number of hydrogen-bond donors (Lipinski definition) is 1. The van der Waals surface area contributed by atoms with Gasteiger partial charge in [-0.25, -0.2) is 0 Å². The molecule has 0 bridgehead atoms. The average Bonchev–Trinajstić information content (AvgIpc) is 3.71. The Morgan fingerprint density at radius 3 is 2.36 bits per heavy atom. The summed E-state index contributed by atoms with van der Waals surface area (Å²) in [6.45, 7) is 11.9. The molecule has 3 heterocycles. The predicted octanol–water partition coefficient (Wildman–Crippen LogP) is 6.42. The Morgan fingerprint density at radius 1 is 1.03 bits per heavy atom. The smallest absolute Gasteiger partial charge is 0.141 e. The van der Waals surface area contributed by atoms with Crippen LogP contribution in [0.5, 0.6) is 0 Å². The van der Waals surface area contributed by atoms with Gasteiger partial charge in [-0.3, -0.25) is 0 Å². The second-order valence-corrected chi connectivity index (χ2v) is 12.0. The zero-order valence-electron chi connectivity index (χ0n) is 23.7. The molecule has 1 aromatic heterocycles. The van der Waals surface area contributed by atoms with E-state index in [0.717, 1.165) is 66.7 Å². The van der Waals surface area contributed by atoms with E-state index < -0.39 is 0 Å². The number of rotatable bonds is 7. The third-order valence-electron chi connectivity index (χ3n) is 9.43. The molecule has 2 aliphatic heterocycles. The number of benzene rings is 2. The molecule has 2 saturated heterocycles. The van der Waals surface area contributed by atoms with Gasteiger partial charge in [0, 0.05) is 29.5 Å². The lowest BCUT2D eigenvalue weighted by atomic mass is 9.92. The summed E-state index contributed by atoms with van der Waals surface area (Å²) in [4.78, 5) is 5.27. The lowest BCUT2D eigenvalue weighted by Gasteiger charge is -2.41. The van der Waals surface area contributed by atoms with Gasteiger partial charge < -0.3 is 19.6 Å². The molecule has 0 radical (unpaired) electrons. The molecule has 0 atom stereocenters. The van der Waals surface area contributed by atoms with Crippen molar-refractivity contribution in [2.24, 2.45) is 5.92 Å². The van der Waals surface area contributed by atoms with Crippen molar-refractivity contribution < 1.29 is 4.52 Å². The summed E-state index contributed by atoms with van der Waals surface area (Å²) < 4.78 is 5.51. The lowest BCUT2D eigenvalue weighted by Crippen LogP contribution is -2.47. The molecule has 1 saturated carbocycles. The Bertz CT molecular complexity index is 1320. The van der Waals surface area contributed by atoms with E-state index in [4.69, 9.17) is 4.52 Å². The number of piperidine rings is 2. The summed E-state index contributed by atoms with van der Waals surface area (Å²) in [6, 6.07) is 18.9. The number of aryl methyl sites for hydroxylation is 3. The molecule has 6 nitrogen and oxygen atoms in total. The molecule has 1 aliphatic carbocycles. The minimum absolute atomic E-state index is 0.260. The van der Waals surface area contributed by atoms with E-state index in [-0.39, 0.29) is 5.41 Å². The van der Waals surface area contributed by atoms with Crippen LogP contribution in [0, 0.1) is 38.0 Å². The fourth-order valence-electron chi connectivity index (χ4n) is 6.77. The normalized spacial score (nSPS) is 20.1. The van der Waals surface area contributed by atoms with E-state index in [2.05, 4.69) is 75.7 Å². The second-order valence-electron chi connectivity index (χ2n) is 12.0.